The lowest BCUT2D eigenvalue weighted by molar-refractivity contribution is -0.133. The molecule has 7 heteroatoms. The molecule has 4 aromatic rings. The maximum Gasteiger partial charge on any atom is 0.336 e. The molecule has 32 heavy (non-hydrogen) atoms. The van der Waals surface area contributed by atoms with E-state index in [0.29, 0.717) is 24.4 Å². The number of hydrogen-bond donors (Lipinski definition) is 0. The fourth-order valence-electron chi connectivity index (χ4n) is 4.05. The first-order chi connectivity index (χ1) is 15.6. The quantitative estimate of drug-likeness (QED) is 0.463. The number of ether oxygens (including phenoxy) is 1. The lowest BCUT2D eigenvalue weighted by Gasteiger charge is -2.35. The fourth-order valence-corrected chi connectivity index (χ4v) is 4.05. The van der Waals surface area contributed by atoms with Gasteiger partial charge in [0.25, 0.3) is 5.91 Å². The minimum Gasteiger partial charge on any atom is -0.484 e. The zero-order valence-corrected chi connectivity index (χ0v) is 17.8. The number of pyridine rings is 1. The van der Waals surface area contributed by atoms with E-state index in [4.69, 9.17) is 14.1 Å². The predicted molar refractivity (Wildman–Crippen MR) is 123 cm³/mol. The molecule has 162 valence electrons. The van der Waals surface area contributed by atoms with Crippen molar-refractivity contribution in [3.05, 3.63) is 76.6 Å². The molecule has 0 unspecified atom stereocenters. The number of aryl methyl sites for hydroxylation is 1. The molecule has 7 nitrogen and oxygen atoms in total. The molecule has 0 aliphatic carbocycles. The molecule has 0 atom stereocenters. The highest BCUT2D eigenvalue weighted by Gasteiger charge is 2.22. The number of para-hydroxylation sites is 1. The maximum atomic E-state index is 12.7. The van der Waals surface area contributed by atoms with Gasteiger partial charge < -0.3 is 19.0 Å². The van der Waals surface area contributed by atoms with Crippen LogP contribution in [0.25, 0.3) is 21.9 Å². The molecule has 0 radical (unpaired) electrons. The lowest BCUT2D eigenvalue weighted by Crippen LogP contribution is -2.50. The average molecular weight is 429 g/mol. The molecule has 1 saturated heterocycles. The zero-order chi connectivity index (χ0) is 22.1. The highest BCUT2D eigenvalue weighted by atomic mass is 16.5. The SMILES string of the molecule is Cc1cc(N2CCN(C(=O)COc3ccc4ccc(=O)oc4c3)CC2)nc2ccccc12. The lowest BCUT2D eigenvalue weighted by atomic mass is 10.1. The van der Waals surface area contributed by atoms with Crippen LogP contribution >= 0.6 is 0 Å². The number of aromatic nitrogens is 1. The fraction of sp³-hybridized carbons (Fsp3) is 0.240. The summed E-state index contributed by atoms with van der Waals surface area (Å²) in [5.41, 5.74) is 2.21. The van der Waals surface area contributed by atoms with E-state index in [1.165, 1.54) is 11.6 Å². The topological polar surface area (TPSA) is 75.9 Å². The molecule has 1 fully saturated rings. The number of hydrogen-bond acceptors (Lipinski definition) is 6. The number of piperazine rings is 1. The molecule has 0 bridgehead atoms. The van der Waals surface area contributed by atoms with Crippen LogP contribution in [-0.2, 0) is 4.79 Å². The summed E-state index contributed by atoms with van der Waals surface area (Å²) in [6, 6.07) is 18.5. The number of nitrogens with zero attached hydrogens (tertiary/aromatic N) is 3. The van der Waals surface area contributed by atoms with Gasteiger partial charge >= 0.3 is 5.63 Å². The summed E-state index contributed by atoms with van der Waals surface area (Å²) < 4.78 is 10.8. The molecular formula is C25H23N3O4. The highest BCUT2D eigenvalue weighted by molar-refractivity contribution is 5.84. The first-order valence-electron chi connectivity index (χ1n) is 10.6. The van der Waals surface area contributed by atoms with E-state index in [1.807, 2.05) is 23.1 Å². The molecule has 0 N–H and O–H groups in total. The van der Waals surface area contributed by atoms with Gasteiger partial charge in [-0.05, 0) is 42.8 Å². The first kappa shape index (κ1) is 20.1. The Morgan fingerprint density at radius 1 is 1.03 bits per heavy atom. The molecular weight excluding hydrogens is 406 g/mol. The van der Waals surface area contributed by atoms with Crippen molar-refractivity contribution in [2.75, 3.05) is 37.7 Å². The smallest absolute Gasteiger partial charge is 0.336 e. The number of rotatable bonds is 4. The molecule has 2 aromatic carbocycles. The second-order valence-corrected chi connectivity index (χ2v) is 7.93. The Morgan fingerprint density at radius 3 is 2.66 bits per heavy atom. The van der Waals surface area contributed by atoms with E-state index in [-0.39, 0.29) is 12.5 Å². The summed E-state index contributed by atoms with van der Waals surface area (Å²) in [7, 11) is 0. The Bertz CT molecular complexity index is 1360. The van der Waals surface area contributed by atoms with Crippen molar-refractivity contribution < 1.29 is 13.9 Å². The second-order valence-electron chi connectivity index (χ2n) is 7.93. The third-order valence-corrected chi connectivity index (χ3v) is 5.82. The van der Waals surface area contributed by atoms with Crippen LogP contribution in [0.5, 0.6) is 5.75 Å². The summed E-state index contributed by atoms with van der Waals surface area (Å²) in [5, 5.41) is 1.96. The number of carbonyl (C=O) groups is 1. The first-order valence-corrected chi connectivity index (χ1v) is 10.6. The molecule has 2 aromatic heterocycles. The molecule has 1 aliphatic rings. The average Bonchev–Trinajstić information content (AvgIpc) is 2.82. The van der Waals surface area contributed by atoms with E-state index >= 15 is 0 Å². The van der Waals surface area contributed by atoms with Gasteiger partial charge in [0.1, 0.15) is 17.2 Å². The van der Waals surface area contributed by atoms with Crippen LogP contribution in [0.15, 0.2) is 69.9 Å². The van der Waals surface area contributed by atoms with Gasteiger partial charge in [0.15, 0.2) is 6.61 Å². The van der Waals surface area contributed by atoms with Gasteiger partial charge in [-0.3, -0.25) is 4.79 Å². The van der Waals surface area contributed by atoms with Crippen molar-refractivity contribution in [3.63, 3.8) is 0 Å². The monoisotopic (exact) mass is 429 g/mol. The van der Waals surface area contributed by atoms with Crippen molar-refractivity contribution in [2.45, 2.75) is 6.92 Å². The molecule has 0 spiro atoms. The minimum absolute atomic E-state index is 0.0596. The van der Waals surface area contributed by atoms with E-state index < -0.39 is 5.63 Å². The second kappa shape index (κ2) is 8.34. The van der Waals surface area contributed by atoms with Crippen molar-refractivity contribution in [3.8, 4) is 5.75 Å². The molecule has 3 heterocycles. The van der Waals surface area contributed by atoms with Crippen LogP contribution in [-0.4, -0.2) is 48.6 Å². The van der Waals surface area contributed by atoms with Crippen LogP contribution in [0.2, 0.25) is 0 Å². The van der Waals surface area contributed by atoms with Gasteiger partial charge in [-0.2, -0.15) is 0 Å². The minimum atomic E-state index is -0.417. The molecule has 5 rings (SSSR count). The third kappa shape index (κ3) is 4.01. The zero-order valence-electron chi connectivity index (χ0n) is 17.8. The van der Waals surface area contributed by atoms with Crippen LogP contribution < -0.4 is 15.3 Å². The van der Waals surface area contributed by atoms with E-state index in [0.717, 1.165) is 35.2 Å². The summed E-state index contributed by atoms with van der Waals surface area (Å²) in [6.07, 6.45) is 0. The van der Waals surface area contributed by atoms with Gasteiger partial charge in [-0.25, -0.2) is 9.78 Å². The maximum absolute atomic E-state index is 12.7. The van der Waals surface area contributed by atoms with Crippen molar-refractivity contribution >= 4 is 33.6 Å². The van der Waals surface area contributed by atoms with Crippen LogP contribution in [0.3, 0.4) is 0 Å². The Hall–Kier alpha value is -3.87. The van der Waals surface area contributed by atoms with Crippen LogP contribution in [0, 0.1) is 6.92 Å². The van der Waals surface area contributed by atoms with Gasteiger partial charge in [-0.15, -0.1) is 0 Å². The summed E-state index contributed by atoms with van der Waals surface area (Å²) in [5.74, 6) is 1.37. The number of anilines is 1. The Labute approximate surface area is 184 Å². The van der Waals surface area contributed by atoms with Crippen LogP contribution in [0.4, 0.5) is 5.82 Å². The van der Waals surface area contributed by atoms with Gasteiger partial charge in [-0.1, -0.05) is 18.2 Å². The Balaban J connectivity index is 1.20. The Kier molecular flexibility index (Phi) is 5.23. The number of fused-ring (bicyclic) bond motifs is 2. The summed E-state index contributed by atoms with van der Waals surface area (Å²) in [4.78, 5) is 32.9. The number of carbonyl (C=O) groups excluding carboxylic acids is 1. The van der Waals surface area contributed by atoms with Crippen molar-refractivity contribution in [1.29, 1.82) is 0 Å². The summed E-state index contributed by atoms with van der Waals surface area (Å²) in [6.45, 7) is 4.71. The van der Waals surface area contributed by atoms with E-state index in [2.05, 4.69) is 24.0 Å². The Morgan fingerprint density at radius 2 is 1.81 bits per heavy atom. The van der Waals surface area contributed by atoms with Gasteiger partial charge in [0.2, 0.25) is 0 Å². The van der Waals surface area contributed by atoms with E-state index in [9.17, 15) is 9.59 Å². The normalized spacial score (nSPS) is 14.2. The molecule has 1 aliphatic heterocycles. The third-order valence-electron chi connectivity index (χ3n) is 5.82. The van der Waals surface area contributed by atoms with E-state index in [1.54, 1.807) is 24.3 Å². The number of benzene rings is 2. The van der Waals surface area contributed by atoms with Crippen LogP contribution in [0.1, 0.15) is 5.56 Å². The van der Waals surface area contributed by atoms with Crippen molar-refractivity contribution in [1.82, 2.24) is 9.88 Å². The predicted octanol–water partition coefficient (Wildman–Crippen LogP) is 3.38. The number of amides is 1. The van der Waals surface area contributed by atoms with Gasteiger partial charge in [0, 0.05) is 49.1 Å². The van der Waals surface area contributed by atoms with Crippen molar-refractivity contribution in [2.24, 2.45) is 0 Å². The molecule has 0 saturated carbocycles. The molecule has 1 amide bonds. The van der Waals surface area contributed by atoms with Gasteiger partial charge in [0.05, 0.1) is 5.52 Å². The summed E-state index contributed by atoms with van der Waals surface area (Å²) >= 11 is 0. The highest BCUT2D eigenvalue weighted by Crippen LogP contribution is 2.23. The largest absolute Gasteiger partial charge is 0.484 e. The standard InChI is InChI=1S/C25H23N3O4/c1-17-14-23(26-21-5-3-2-4-20(17)21)27-10-12-28(13-11-27)24(29)16-31-19-8-6-18-7-9-25(30)32-22(18)15-19/h2-9,14-15H,10-13,16H2,1H3.